The van der Waals surface area contributed by atoms with Crippen LogP contribution < -0.4 is 0 Å². The average molecular weight is 659 g/mol. The monoisotopic (exact) mass is 658 g/mol. The van der Waals surface area contributed by atoms with Crippen LogP contribution in [0.1, 0.15) is 25.0 Å². The van der Waals surface area contributed by atoms with Gasteiger partial charge in [-0.3, -0.25) is 0 Å². The van der Waals surface area contributed by atoms with Crippen molar-refractivity contribution in [1.29, 1.82) is 0 Å². The Labute approximate surface area is 292 Å². The fraction of sp³-hybridized carbons (Fsp3) is 0.0638. The summed E-state index contributed by atoms with van der Waals surface area (Å²) in [5.74, 6) is 0. The Morgan fingerprint density at radius 3 is 1.63 bits per heavy atom. The number of rotatable bonds is 2. The van der Waals surface area contributed by atoms with Gasteiger partial charge in [0.05, 0.1) is 0 Å². The van der Waals surface area contributed by atoms with Crippen molar-refractivity contribution < 1.29 is 0 Å². The van der Waals surface area contributed by atoms with Crippen molar-refractivity contribution in [2.75, 3.05) is 0 Å². The summed E-state index contributed by atoms with van der Waals surface area (Å²) in [5.41, 5.74) is 10.8. The average Bonchev–Trinajstić information content (AvgIpc) is 3.78. The number of hydrogen-bond acceptors (Lipinski definition) is 2. The molecular weight excluding hydrogens is 629 g/mol. The van der Waals surface area contributed by atoms with Crippen LogP contribution in [0.4, 0.5) is 0 Å². The molecule has 0 saturated heterocycles. The highest BCUT2D eigenvalue weighted by Gasteiger charge is 2.35. The van der Waals surface area contributed by atoms with Crippen LogP contribution in [0.2, 0.25) is 0 Å². The van der Waals surface area contributed by atoms with E-state index in [1.165, 1.54) is 106 Å². The summed E-state index contributed by atoms with van der Waals surface area (Å²) < 4.78 is 5.46. The SMILES string of the molecule is CC1(C)c2ccccc2-c2cc(-c3c4ccccc4c(-c4cc5c6ccccc6sc5c5c4sc4ccccc45)c4ccccc34)ccc21. The van der Waals surface area contributed by atoms with E-state index >= 15 is 0 Å². The molecule has 8 aromatic carbocycles. The molecule has 0 radical (unpaired) electrons. The van der Waals surface area contributed by atoms with Crippen LogP contribution in [0, 0.1) is 0 Å². The third-order valence-corrected chi connectivity index (χ3v) is 13.5. The van der Waals surface area contributed by atoms with Crippen LogP contribution in [-0.2, 0) is 5.41 Å². The first-order valence-electron chi connectivity index (χ1n) is 17.0. The molecule has 230 valence electrons. The Hall–Kier alpha value is -5.28. The highest BCUT2D eigenvalue weighted by atomic mass is 32.1. The molecule has 2 heteroatoms. The first-order chi connectivity index (χ1) is 24.1. The quantitative estimate of drug-likeness (QED) is 0.162. The molecule has 1 aliphatic carbocycles. The Bertz CT molecular complexity index is 2970. The van der Waals surface area contributed by atoms with Gasteiger partial charge in [-0.1, -0.05) is 135 Å². The maximum absolute atomic E-state index is 2.51. The second kappa shape index (κ2) is 9.89. The van der Waals surface area contributed by atoms with Crippen molar-refractivity contribution in [3.05, 3.63) is 157 Å². The number of hydrogen-bond donors (Lipinski definition) is 0. The predicted octanol–water partition coefficient (Wildman–Crippen LogP) is 14.4. The highest BCUT2D eigenvalue weighted by molar-refractivity contribution is 7.30. The van der Waals surface area contributed by atoms with Crippen molar-refractivity contribution in [3.63, 3.8) is 0 Å². The normalized spacial score (nSPS) is 13.7. The largest absolute Gasteiger partial charge is 0.134 e. The summed E-state index contributed by atoms with van der Waals surface area (Å²) in [6, 6.07) is 54.8. The fourth-order valence-corrected chi connectivity index (χ4v) is 11.4. The van der Waals surface area contributed by atoms with Crippen molar-refractivity contribution in [1.82, 2.24) is 0 Å². The molecule has 0 aliphatic heterocycles. The third kappa shape index (κ3) is 3.68. The van der Waals surface area contributed by atoms with Crippen LogP contribution in [0.15, 0.2) is 146 Å². The second-order valence-electron chi connectivity index (χ2n) is 14.0. The fourth-order valence-electron chi connectivity index (χ4n) is 8.86. The van der Waals surface area contributed by atoms with Gasteiger partial charge in [0, 0.05) is 51.3 Å². The molecule has 0 saturated carbocycles. The molecule has 0 nitrogen and oxygen atoms in total. The first kappa shape index (κ1) is 27.6. The van der Waals surface area contributed by atoms with Crippen LogP contribution in [0.3, 0.4) is 0 Å². The summed E-state index contributed by atoms with van der Waals surface area (Å²) >= 11 is 3.87. The number of benzene rings is 8. The Balaban J connectivity index is 1.28. The van der Waals surface area contributed by atoms with Crippen LogP contribution in [-0.4, -0.2) is 0 Å². The number of thiophene rings is 2. The molecule has 0 amide bonds. The van der Waals surface area contributed by atoms with Gasteiger partial charge < -0.3 is 0 Å². The molecule has 0 atom stereocenters. The zero-order valence-corrected chi connectivity index (χ0v) is 28.8. The van der Waals surface area contributed by atoms with E-state index in [0.29, 0.717) is 0 Å². The Kier molecular flexibility index (Phi) is 5.58. The molecule has 10 aromatic rings. The zero-order chi connectivity index (χ0) is 32.4. The van der Waals surface area contributed by atoms with Crippen molar-refractivity contribution >= 4 is 84.6 Å². The molecule has 0 fully saturated rings. The van der Waals surface area contributed by atoms with E-state index in [4.69, 9.17) is 0 Å². The molecule has 11 rings (SSSR count). The summed E-state index contributed by atoms with van der Waals surface area (Å²) in [6.07, 6.45) is 0. The molecular formula is C47H30S2. The minimum Gasteiger partial charge on any atom is -0.134 e. The molecule has 0 bridgehead atoms. The van der Waals surface area contributed by atoms with Crippen molar-refractivity contribution in [3.8, 4) is 33.4 Å². The molecule has 1 aliphatic rings. The van der Waals surface area contributed by atoms with Gasteiger partial charge in [0.1, 0.15) is 0 Å². The molecule has 2 aromatic heterocycles. The minimum absolute atomic E-state index is 0.0153. The molecule has 2 heterocycles. The van der Waals surface area contributed by atoms with E-state index in [1.54, 1.807) is 0 Å². The smallest absolute Gasteiger partial charge is 0.0449 e. The first-order valence-corrected chi connectivity index (χ1v) is 18.7. The topological polar surface area (TPSA) is 0 Å². The van der Waals surface area contributed by atoms with Gasteiger partial charge in [0.25, 0.3) is 0 Å². The molecule has 49 heavy (non-hydrogen) atoms. The standard InChI is InChI=1S/C47H30S2/c1-47(2)38-20-10-7-13-28(38)35-25-27(23-24-39(35)47)42-30-15-3-5-17-32(30)43(33-18-6-4-16-31(33)42)37-26-36-29-14-8-11-21-40(29)48-45(36)44-34-19-9-12-22-41(34)49-46(37)44/h3-26H,1-2H3. The predicted molar refractivity (Wildman–Crippen MR) is 216 cm³/mol. The molecule has 0 unspecified atom stereocenters. The molecule has 0 spiro atoms. The van der Waals surface area contributed by atoms with Crippen molar-refractivity contribution in [2.24, 2.45) is 0 Å². The van der Waals surface area contributed by atoms with Gasteiger partial charge >= 0.3 is 0 Å². The number of fused-ring (bicyclic) bond motifs is 12. The van der Waals surface area contributed by atoms with E-state index < -0.39 is 0 Å². The van der Waals surface area contributed by atoms with E-state index in [0.717, 1.165) is 0 Å². The van der Waals surface area contributed by atoms with Gasteiger partial charge in [0.15, 0.2) is 0 Å². The van der Waals surface area contributed by atoms with Crippen molar-refractivity contribution in [2.45, 2.75) is 19.3 Å². The van der Waals surface area contributed by atoms with E-state index in [9.17, 15) is 0 Å². The second-order valence-corrected chi connectivity index (χ2v) is 16.1. The Morgan fingerprint density at radius 2 is 0.918 bits per heavy atom. The Morgan fingerprint density at radius 1 is 0.388 bits per heavy atom. The summed E-state index contributed by atoms with van der Waals surface area (Å²) in [5, 5.41) is 10.6. The lowest BCUT2D eigenvalue weighted by molar-refractivity contribution is 0.660. The summed E-state index contributed by atoms with van der Waals surface area (Å²) in [6.45, 7) is 4.72. The van der Waals surface area contributed by atoms with Gasteiger partial charge in [0.2, 0.25) is 0 Å². The lowest BCUT2D eigenvalue weighted by atomic mass is 9.81. The van der Waals surface area contributed by atoms with E-state index in [1.807, 2.05) is 22.7 Å². The molecule has 0 N–H and O–H groups in total. The van der Waals surface area contributed by atoms with Gasteiger partial charge in [-0.2, -0.15) is 0 Å². The van der Waals surface area contributed by atoms with E-state index in [2.05, 4.69) is 159 Å². The van der Waals surface area contributed by atoms with Crippen LogP contribution >= 0.6 is 22.7 Å². The van der Waals surface area contributed by atoms with E-state index in [-0.39, 0.29) is 5.41 Å². The van der Waals surface area contributed by atoms with Gasteiger partial charge in [-0.15, -0.1) is 22.7 Å². The summed E-state index contributed by atoms with van der Waals surface area (Å²) in [4.78, 5) is 0. The minimum atomic E-state index is -0.0153. The third-order valence-electron chi connectivity index (χ3n) is 11.1. The summed E-state index contributed by atoms with van der Waals surface area (Å²) in [7, 11) is 0. The highest BCUT2D eigenvalue weighted by Crippen LogP contribution is 2.54. The lowest BCUT2D eigenvalue weighted by Gasteiger charge is -2.22. The maximum atomic E-state index is 2.51. The van der Waals surface area contributed by atoms with Gasteiger partial charge in [-0.25, -0.2) is 0 Å². The lowest BCUT2D eigenvalue weighted by Crippen LogP contribution is -2.14. The van der Waals surface area contributed by atoms with Crippen LogP contribution in [0.25, 0.3) is 95.3 Å². The zero-order valence-electron chi connectivity index (χ0n) is 27.2. The van der Waals surface area contributed by atoms with Crippen LogP contribution in [0.5, 0.6) is 0 Å². The van der Waals surface area contributed by atoms with Gasteiger partial charge in [-0.05, 0) is 84.8 Å². The maximum Gasteiger partial charge on any atom is 0.0449 e.